The summed E-state index contributed by atoms with van der Waals surface area (Å²) in [6.45, 7) is 3.25. The molecule has 0 heterocycles. The Morgan fingerprint density at radius 2 is 2.26 bits per heavy atom. The van der Waals surface area contributed by atoms with Gasteiger partial charge in [-0.05, 0) is 31.5 Å². The Morgan fingerprint density at radius 3 is 2.74 bits per heavy atom. The lowest BCUT2D eigenvalue weighted by molar-refractivity contribution is -0.121. The summed E-state index contributed by atoms with van der Waals surface area (Å²) < 4.78 is 13.3. The van der Waals surface area contributed by atoms with Crippen molar-refractivity contribution in [3.63, 3.8) is 0 Å². The third-order valence-electron chi connectivity index (χ3n) is 3.06. The first-order chi connectivity index (χ1) is 8.85. The van der Waals surface area contributed by atoms with Gasteiger partial charge in [-0.3, -0.25) is 4.79 Å². The van der Waals surface area contributed by atoms with E-state index in [4.69, 9.17) is 22.5 Å². The van der Waals surface area contributed by atoms with E-state index in [1.807, 2.05) is 0 Å². The maximum absolute atomic E-state index is 13.3. The van der Waals surface area contributed by atoms with Crippen LogP contribution in [0.1, 0.15) is 20.3 Å². The van der Waals surface area contributed by atoms with E-state index in [-0.39, 0.29) is 16.5 Å². The van der Waals surface area contributed by atoms with Crippen LogP contribution in [-0.4, -0.2) is 17.0 Å². The number of anilines is 1. The van der Waals surface area contributed by atoms with E-state index in [0.29, 0.717) is 6.42 Å². The van der Waals surface area contributed by atoms with Crippen molar-refractivity contribution in [3.8, 4) is 0 Å². The summed E-state index contributed by atoms with van der Waals surface area (Å²) in [7, 11) is 0. The van der Waals surface area contributed by atoms with Gasteiger partial charge in [-0.2, -0.15) is 0 Å². The van der Waals surface area contributed by atoms with Gasteiger partial charge in [0.2, 0.25) is 5.91 Å². The molecule has 0 bridgehead atoms. The number of hydrogen-bond acceptors (Lipinski definition) is 3. The van der Waals surface area contributed by atoms with Crippen molar-refractivity contribution >= 4 is 29.0 Å². The molecule has 1 rings (SSSR count). The molecular weight excluding hydrogens is 273 g/mol. The number of carbonyl (C=O) groups excluding carboxylic acids is 1. The fourth-order valence-electron chi connectivity index (χ4n) is 1.41. The summed E-state index contributed by atoms with van der Waals surface area (Å²) in [5.74, 6) is -1.34. The Labute approximate surface area is 115 Å². The predicted octanol–water partition coefficient (Wildman–Crippen LogP) is 2.58. The number of carbonyl (C=O) groups is 1. The van der Waals surface area contributed by atoms with Gasteiger partial charge >= 0.3 is 0 Å². The van der Waals surface area contributed by atoms with Gasteiger partial charge in [-0.25, -0.2) is 4.39 Å². The molecule has 0 radical (unpaired) electrons. The summed E-state index contributed by atoms with van der Waals surface area (Å²) >= 11 is 5.55. The van der Waals surface area contributed by atoms with Crippen molar-refractivity contribution in [3.05, 3.63) is 29.0 Å². The minimum absolute atomic E-state index is 0.0345. The molecule has 0 saturated heterocycles. The van der Waals surface area contributed by atoms with E-state index in [2.05, 4.69) is 10.5 Å². The Kier molecular flexibility index (Phi) is 4.72. The molecule has 5 nitrogen and oxygen atoms in total. The quantitative estimate of drug-likeness (QED) is 0.344. The topological polar surface area (TPSA) is 87.7 Å². The van der Waals surface area contributed by atoms with E-state index >= 15 is 0 Å². The van der Waals surface area contributed by atoms with Crippen molar-refractivity contribution in [2.24, 2.45) is 16.3 Å². The molecule has 1 aromatic carbocycles. The number of amides is 1. The Balaban J connectivity index is 2.98. The highest BCUT2D eigenvalue weighted by Gasteiger charge is 2.36. The molecule has 4 N–H and O–H groups in total. The van der Waals surface area contributed by atoms with Crippen LogP contribution < -0.4 is 11.1 Å². The number of nitrogens with two attached hydrogens (primary N) is 1. The zero-order valence-corrected chi connectivity index (χ0v) is 11.3. The largest absolute Gasteiger partial charge is 0.409 e. The summed E-state index contributed by atoms with van der Waals surface area (Å²) in [6, 6.07) is 3.90. The molecule has 0 fully saturated rings. The molecule has 104 valence electrons. The molecule has 0 spiro atoms. The van der Waals surface area contributed by atoms with E-state index in [9.17, 15) is 9.18 Å². The van der Waals surface area contributed by atoms with Crippen LogP contribution >= 0.6 is 11.6 Å². The van der Waals surface area contributed by atoms with Crippen molar-refractivity contribution in [2.75, 3.05) is 5.32 Å². The number of hydrogen-bond donors (Lipinski definition) is 3. The number of halogens is 2. The lowest BCUT2D eigenvalue weighted by Crippen LogP contribution is -2.44. The lowest BCUT2D eigenvalue weighted by Gasteiger charge is -2.25. The highest BCUT2D eigenvalue weighted by atomic mass is 35.5. The van der Waals surface area contributed by atoms with Crippen molar-refractivity contribution in [1.29, 1.82) is 0 Å². The van der Waals surface area contributed by atoms with Gasteiger partial charge in [0.15, 0.2) is 5.84 Å². The second kappa shape index (κ2) is 5.88. The van der Waals surface area contributed by atoms with Gasteiger partial charge in [0, 0.05) is 5.69 Å². The van der Waals surface area contributed by atoms with Gasteiger partial charge in [0.05, 0.1) is 5.02 Å². The molecule has 7 heteroatoms. The van der Waals surface area contributed by atoms with Crippen molar-refractivity contribution in [2.45, 2.75) is 20.3 Å². The van der Waals surface area contributed by atoms with Gasteiger partial charge < -0.3 is 16.3 Å². The highest BCUT2D eigenvalue weighted by molar-refractivity contribution is 6.30. The summed E-state index contributed by atoms with van der Waals surface area (Å²) in [4.78, 5) is 12.1. The number of rotatable bonds is 4. The van der Waals surface area contributed by atoms with Crippen molar-refractivity contribution < 1.29 is 14.4 Å². The van der Waals surface area contributed by atoms with Crippen LogP contribution in [0.4, 0.5) is 10.1 Å². The lowest BCUT2D eigenvalue weighted by atomic mass is 9.85. The number of benzene rings is 1. The second-order valence-electron chi connectivity index (χ2n) is 4.25. The monoisotopic (exact) mass is 287 g/mol. The standard InChI is InChI=1S/C12H15ClFN3O2/c1-3-12(2,10(15)17-19)11(18)16-7-4-5-8(13)9(14)6-7/h4-6,19H,3H2,1-2H3,(H2,15,17)(H,16,18). The van der Waals surface area contributed by atoms with Crippen LogP contribution in [0.2, 0.25) is 5.02 Å². The molecule has 1 amide bonds. The van der Waals surface area contributed by atoms with Crippen LogP contribution in [0.5, 0.6) is 0 Å². The zero-order valence-electron chi connectivity index (χ0n) is 10.6. The maximum Gasteiger partial charge on any atom is 0.238 e. The number of oxime groups is 1. The predicted molar refractivity (Wildman–Crippen MR) is 71.8 cm³/mol. The first kappa shape index (κ1) is 15.2. The molecule has 0 aliphatic heterocycles. The fourth-order valence-corrected chi connectivity index (χ4v) is 1.53. The molecule has 19 heavy (non-hydrogen) atoms. The van der Waals surface area contributed by atoms with E-state index < -0.39 is 17.1 Å². The molecule has 1 unspecified atom stereocenters. The van der Waals surface area contributed by atoms with Crippen LogP contribution in [-0.2, 0) is 4.79 Å². The number of nitrogens with one attached hydrogen (secondary N) is 1. The number of nitrogens with zero attached hydrogens (tertiary/aromatic N) is 1. The van der Waals surface area contributed by atoms with Crippen LogP contribution in [0.25, 0.3) is 0 Å². The third kappa shape index (κ3) is 3.14. The van der Waals surface area contributed by atoms with Gasteiger partial charge in [0.1, 0.15) is 11.2 Å². The van der Waals surface area contributed by atoms with Crippen LogP contribution in [0.15, 0.2) is 23.4 Å². The maximum atomic E-state index is 13.3. The third-order valence-corrected chi connectivity index (χ3v) is 3.37. The van der Waals surface area contributed by atoms with Gasteiger partial charge in [0.25, 0.3) is 0 Å². The van der Waals surface area contributed by atoms with E-state index in [0.717, 1.165) is 6.07 Å². The molecule has 0 aliphatic rings. The van der Waals surface area contributed by atoms with Crippen LogP contribution in [0, 0.1) is 11.2 Å². The Hall–Kier alpha value is -1.82. The van der Waals surface area contributed by atoms with E-state index in [1.165, 1.54) is 19.1 Å². The van der Waals surface area contributed by atoms with Crippen molar-refractivity contribution in [1.82, 2.24) is 0 Å². The molecule has 1 aromatic rings. The minimum Gasteiger partial charge on any atom is -0.409 e. The smallest absolute Gasteiger partial charge is 0.238 e. The summed E-state index contributed by atoms with van der Waals surface area (Å²) in [6.07, 6.45) is 0.324. The molecular formula is C12H15ClFN3O2. The number of amidine groups is 1. The molecule has 0 aromatic heterocycles. The van der Waals surface area contributed by atoms with E-state index in [1.54, 1.807) is 6.92 Å². The van der Waals surface area contributed by atoms with Crippen LogP contribution in [0.3, 0.4) is 0 Å². The first-order valence-corrected chi connectivity index (χ1v) is 5.97. The zero-order chi connectivity index (χ0) is 14.6. The summed E-state index contributed by atoms with van der Waals surface area (Å²) in [5, 5.41) is 14.0. The van der Waals surface area contributed by atoms with Gasteiger partial charge in [-0.15, -0.1) is 0 Å². The molecule has 0 aliphatic carbocycles. The highest BCUT2D eigenvalue weighted by Crippen LogP contribution is 2.25. The SMILES string of the molecule is CCC(C)(C(=O)Nc1ccc(Cl)c(F)c1)/C(N)=N/O. The Morgan fingerprint density at radius 1 is 1.63 bits per heavy atom. The first-order valence-electron chi connectivity index (χ1n) is 5.59. The second-order valence-corrected chi connectivity index (χ2v) is 4.66. The summed E-state index contributed by atoms with van der Waals surface area (Å²) in [5.41, 5.74) is 4.59. The molecule has 1 atom stereocenters. The molecule has 0 saturated carbocycles. The normalized spacial score (nSPS) is 14.8. The average molecular weight is 288 g/mol. The average Bonchev–Trinajstić information content (AvgIpc) is 2.40. The fraction of sp³-hybridized carbons (Fsp3) is 0.333. The minimum atomic E-state index is -1.18. The van der Waals surface area contributed by atoms with Gasteiger partial charge in [-0.1, -0.05) is 23.7 Å². The Bertz CT molecular complexity index is 522.